The topological polar surface area (TPSA) is 86.8 Å². The van der Waals surface area contributed by atoms with E-state index in [4.69, 9.17) is 0 Å². The third-order valence-electron chi connectivity index (χ3n) is 6.71. The predicted octanol–water partition coefficient (Wildman–Crippen LogP) is 4.32. The van der Waals surface area contributed by atoms with Gasteiger partial charge in [-0.25, -0.2) is 17.2 Å². The first-order valence-corrected chi connectivity index (χ1v) is 13.4. The number of rotatable bonds is 4. The first-order valence-electron chi connectivity index (χ1n) is 12.0. The maximum absolute atomic E-state index is 14.3. The molecule has 2 amide bonds. The van der Waals surface area contributed by atoms with Gasteiger partial charge in [-0.05, 0) is 73.0 Å². The molecule has 1 saturated heterocycles. The Morgan fingerprint density at radius 2 is 1.51 bits per heavy atom. The zero-order valence-corrected chi connectivity index (χ0v) is 20.7. The summed E-state index contributed by atoms with van der Waals surface area (Å²) in [4.78, 5) is 27.8. The minimum Gasteiger partial charge on any atom is -0.324 e. The lowest BCUT2D eigenvalue weighted by atomic mass is 9.95. The number of benzene rings is 3. The van der Waals surface area contributed by atoms with Gasteiger partial charge >= 0.3 is 0 Å². The van der Waals surface area contributed by atoms with Crippen LogP contribution in [0.15, 0.2) is 71.6 Å². The van der Waals surface area contributed by atoms with Crippen molar-refractivity contribution in [2.75, 3.05) is 25.0 Å². The van der Waals surface area contributed by atoms with Crippen LogP contribution < -0.4 is 5.32 Å². The molecule has 0 radical (unpaired) electrons. The Labute approximate surface area is 213 Å². The second-order valence-electron chi connectivity index (χ2n) is 9.16. The molecule has 2 heterocycles. The fourth-order valence-corrected chi connectivity index (χ4v) is 6.38. The fraction of sp³-hybridized carbons (Fsp3) is 0.259. The minimum absolute atomic E-state index is 0.0852. The molecule has 0 saturated carbocycles. The van der Waals surface area contributed by atoms with Crippen molar-refractivity contribution in [3.63, 3.8) is 0 Å². The van der Waals surface area contributed by atoms with Gasteiger partial charge in [-0.3, -0.25) is 9.59 Å². The van der Waals surface area contributed by atoms with Gasteiger partial charge in [-0.2, -0.15) is 4.31 Å². The van der Waals surface area contributed by atoms with Crippen LogP contribution in [0.1, 0.15) is 46.8 Å². The Morgan fingerprint density at radius 1 is 0.865 bits per heavy atom. The molecule has 0 bridgehead atoms. The number of fused-ring (bicyclic) bond motifs is 1. The first-order chi connectivity index (χ1) is 17.7. The van der Waals surface area contributed by atoms with Crippen LogP contribution in [0.3, 0.4) is 0 Å². The van der Waals surface area contributed by atoms with E-state index >= 15 is 0 Å². The lowest BCUT2D eigenvalue weighted by Gasteiger charge is -2.31. The molecule has 1 N–H and O–H groups in total. The molecule has 2 aliphatic heterocycles. The number of hydrogen-bond acceptors (Lipinski definition) is 4. The van der Waals surface area contributed by atoms with E-state index in [1.807, 2.05) is 0 Å². The van der Waals surface area contributed by atoms with Gasteiger partial charge in [0.1, 0.15) is 18.2 Å². The Balaban J connectivity index is 1.53. The highest BCUT2D eigenvalue weighted by atomic mass is 32.2. The number of hydrogen-bond donors (Lipinski definition) is 1. The third-order valence-corrected chi connectivity index (χ3v) is 8.62. The van der Waals surface area contributed by atoms with Crippen molar-refractivity contribution in [3.8, 4) is 0 Å². The van der Waals surface area contributed by atoms with Gasteiger partial charge in [0.2, 0.25) is 15.9 Å². The normalized spacial score (nSPS) is 18.6. The lowest BCUT2D eigenvalue weighted by molar-refractivity contribution is -0.117. The van der Waals surface area contributed by atoms with Gasteiger partial charge in [0.15, 0.2) is 0 Å². The summed E-state index contributed by atoms with van der Waals surface area (Å²) < 4.78 is 55.4. The number of halogens is 2. The zero-order chi connectivity index (χ0) is 26.2. The number of piperidine rings is 1. The molecule has 0 aromatic heterocycles. The van der Waals surface area contributed by atoms with Crippen molar-refractivity contribution in [2.24, 2.45) is 0 Å². The SMILES string of the molecule is O=C1CN(C(=O)c2ccc(S(=O)(=O)N3CCCCC3)cc2)[C@H](c2ccc(F)cc2)c2cc(F)ccc2N1. The van der Waals surface area contributed by atoms with Gasteiger partial charge in [-0.15, -0.1) is 0 Å². The van der Waals surface area contributed by atoms with Gasteiger partial charge in [-0.1, -0.05) is 18.6 Å². The van der Waals surface area contributed by atoms with E-state index in [1.165, 1.54) is 75.9 Å². The maximum Gasteiger partial charge on any atom is 0.255 e. The van der Waals surface area contributed by atoms with E-state index in [0.29, 0.717) is 29.9 Å². The highest BCUT2D eigenvalue weighted by Gasteiger charge is 2.35. The van der Waals surface area contributed by atoms with Gasteiger partial charge in [0.05, 0.1) is 10.9 Å². The second kappa shape index (κ2) is 10.0. The Hall–Kier alpha value is -3.63. The molecule has 10 heteroatoms. The van der Waals surface area contributed by atoms with E-state index in [0.717, 1.165) is 19.3 Å². The molecule has 5 rings (SSSR count). The maximum atomic E-state index is 14.3. The zero-order valence-electron chi connectivity index (χ0n) is 19.9. The molecule has 3 aromatic rings. The first kappa shape index (κ1) is 25.0. The molecule has 0 unspecified atom stereocenters. The summed E-state index contributed by atoms with van der Waals surface area (Å²) in [7, 11) is -3.68. The second-order valence-corrected chi connectivity index (χ2v) is 11.1. The van der Waals surface area contributed by atoms with Crippen LogP contribution in [0, 0.1) is 11.6 Å². The van der Waals surface area contributed by atoms with E-state index < -0.39 is 39.5 Å². The molecule has 7 nitrogen and oxygen atoms in total. The molecule has 192 valence electrons. The standard InChI is InChI=1S/C27H25F2N3O4S/c28-20-8-4-18(5-9-20)26-23-16-21(29)10-13-24(23)30-25(33)17-32(26)27(34)19-6-11-22(12-7-19)37(35,36)31-14-2-1-3-15-31/h4-13,16,26H,1-3,14-15,17H2,(H,30,33)/t26-/m1/s1. The van der Waals surface area contributed by atoms with Gasteiger partial charge in [0.25, 0.3) is 5.91 Å². The van der Waals surface area contributed by atoms with E-state index in [9.17, 15) is 26.8 Å². The molecule has 37 heavy (non-hydrogen) atoms. The summed E-state index contributed by atoms with van der Waals surface area (Å²) in [6.45, 7) is 0.577. The Kier molecular flexibility index (Phi) is 6.78. The van der Waals surface area contributed by atoms with Crippen LogP contribution in [0.2, 0.25) is 0 Å². The smallest absolute Gasteiger partial charge is 0.255 e. The molecular formula is C27H25F2N3O4S. The molecule has 0 spiro atoms. The summed E-state index contributed by atoms with van der Waals surface area (Å²) in [6, 6.07) is 14.0. The van der Waals surface area contributed by atoms with Crippen LogP contribution in [-0.4, -0.2) is 49.1 Å². The minimum atomic E-state index is -3.68. The van der Waals surface area contributed by atoms with Gasteiger partial charge < -0.3 is 10.2 Å². The largest absolute Gasteiger partial charge is 0.324 e. The van der Waals surface area contributed by atoms with Crippen molar-refractivity contribution in [1.29, 1.82) is 0 Å². The summed E-state index contributed by atoms with van der Waals surface area (Å²) in [5.74, 6) is -2.06. The van der Waals surface area contributed by atoms with Crippen LogP contribution in [0.25, 0.3) is 0 Å². The average Bonchev–Trinajstić information content (AvgIpc) is 3.05. The van der Waals surface area contributed by atoms with E-state index in [2.05, 4.69) is 5.32 Å². The summed E-state index contributed by atoms with van der Waals surface area (Å²) >= 11 is 0. The number of amides is 2. The molecule has 3 aromatic carbocycles. The summed E-state index contributed by atoms with van der Waals surface area (Å²) in [6.07, 6.45) is 2.60. The average molecular weight is 526 g/mol. The molecule has 1 fully saturated rings. The third kappa shape index (κ3) is 4.99. The van der Waals surface area contributed by atoms with Crippen LogP contribution in [0.4, 0.5) is 14.5 Å². The Morgan fingerprint density at radius 3 is 2.19 bits per heavy atom. The molecular weight excluding hydrogens is 500 g/mol. The highest BCUT2D eigenvalue weighted by Crippen LogP contribution is 2.37. The number of anilines is 1. The van der Waals surface area contributed by atoms with E-state index in [1.54, 1.807) is 0 Å². The number of carbonyl (C=O) groups is 2. The van der Waals surface area contributed by atoms with Crippen LogP contribution >= 0.6 is 0 Å². The highest BCUT2D eigenvalue weighted by molar-refractivity contribution is 7.89. The van der Waals surface area contributed by atoms with Crippen molar-refractivity contribution in [1.82, 2.24) is 9.21 Å². The van der Waals surface area contributed by atoms with Crippen molar-refractivity contribution < 1.29 is 26.8 Å². The summed E-state index contributed by atoms with van der Waals surface area (Å²) in [5, 5.41) is 2.70. The van der Waals surface area contributed by atoms with Gasteiger partial charge in [0, 0.05) is 29.9 Å². The van der Waals surface area contributed by atoms with Crippen LogP contribution in [0.5, 0.6) is 0 Å². The number of sulfonamides is 1. The monoisotopic (exact) mass is 525 g/mol. The number of nitrogens with zero attached hydrogens (tertiary/aromatic N) is 2. The quantitative estimate of drug-likeness (QED) is 0.550. The van der Waals surface area contributed by atoms with E-state index in [-0.39, 0.29) is 17.0 Å². The fourth-order valence-electron chi connectivity index (χ4n) is 4.86. The molecule has 0 aliphatic carbocycles. The van der Waals surface area contributed by atoms with Crippen LogP contribution in [-0.2, 0) is 14.8 Å². The number of nitrogens with one attached hydrogen (secondary N) is 1. The van der Waals surface area contributed by atoms with Crippen molar-refractivity contribution in [3.05, 3.63) is 95.1 Å². The molecule has 1 atom stereocenters. The molecule has 2 aliphatic rings. The Bertz CT molecular complexity index is 1440. The summed E-state index contributed by atoms with van der Waals surface area (Å²) in [5.41, 5.74) is 1.34. The lowest BCUT2D eigenvalue weighted by Crippen LogP contribution is -2.39. The number of carbonyl (C=O) groups excluding carboxylic acids is 2. The van der Waals surface area contributed by atoms with Crippen molar-refractivity contribution in [2.45, 2.75) is 30.2 Å². The predicted molar refractivity (Wildman–Crippen MR) is 133 cm³/mol. The van der Waals surface area contributed by atoms with Crippen molar-refractivity contribution >= 4 is 27.5 Å².